The van der Waals surface area contributed by atoms with Crippen LogP contribution in [0.25, 0.3) is 0 Å². The molecule has 1 aromatic carbocycles. The fourth-order valence-electron chi connectivity index (χ4n) is 4.21. The van der Waals surface area contributed by atoms with E-state index in [0.29, 0.717) is 30.5 Å². The van der Waals surface area contributed by atoms with Gasteiger partial charge in [0.25, 0.3) is 5.91 Å². The Balaban J connectivity index is 1.73. The lowest BCUT2D eigenvalue weighted by Gasteiger charge is -2.45. The van der Waals surface area contributed by atoms with Gasteiger partial charge in [-0.1, -0.05) is 5.92 Å². The van der Waals surface area contributed by atoms with Gasteiger partial charge in [-0.25, -0.2) is 19.2 Å². The molecule has 2 aromatic heterocycles. The number of hydrogen-bond donors (Lipinski definition) is 2. The Labute approximate surface area is 219 Å². The molecule has 9 nitrogen and oxygen atoms in total. The van der Waals surface area contributed by atoms with Crippen LogP contribution in [0.5, 0.6) is 0 Å². The summed E-state index contributed by atoms with van der Waals surface area (Å²) in [7, 11) is 0. The molecule has 2 N–H and O–H groups in total. The predicted octanol–water partition coefficient (Wildman–Crippen LogP) is 3.63. The fraction of sp³-hybridized carbons (Fsp3) is 0.385. The summed E-state index contributed by atoms with van der Waals surface area (Å²) in [6, 6.07) is 5.90. The zero-order valence-corrected chi connectivity index (χ0v) is 21.7. The molecule has 194 valence electrons. The summed E-state index contributed by atoms with van der Waals surface area (Å²) in [5.74, 6) is 1.88. The van der Waals surface area contributed by atoms with Crippen molar-refractivity contribution in [3.63, 3.8) is 0 Å². The molecule has 0 aliphatic carbocycles. The second-order valence-corrected chi connectivity index (χ2v) is 10.5. The molecule has 0 radical (unpaired) electrons. The minimum atomic E-state index is -0.642. The molecular formula is C26H29FN6O3S. The van der Waals surface area contributed by atoms with E-state index >= 15 is 0 Å². The number of aromatic nitrogens is 3. The second kappa shape index (κ2) is 11.0. The van der Waals surface area contributed by atoms with Gasteiger partial charge in [0, 0.05) is 43.1 Å². The van der Waals surface area contributed by atoms with E-state index in [0.717, 1.165) is 5.69 Å². The van der Waals surface area contributed by atoms with Crippen LogP contribution in [-0.2, 0) is 4.74 Å². The number of terminal acetylenes is 1. The van der Waals surface area contributed by atoms with E-state index in [1.54, 1.807) is 34.8 Å². The van der Waals surface area contributed by atoms with Gasteiger partial charge in [0.1, 0.15) is 27.9 Å². The zero-order chi connectivity index (χ0) is 26.6. The number of anilines is 1. The number of nitrogens with one attached hydrogen (secondary N) is 2. The molecule has 3 heterocycles. The minimum absolute atomic E-state index is 0.0964. The van der Waals surface area contributed by atoms with Crippen molar-refractivity contribution in [2.45, 2.75) is 38.3 Å². The Morgan fingerprint density at radius 1 is 1.32 bits per heavy atom. The molecule has 4 rings (SSSR count). The summed E-state index contributed by atoms with van der Waals surface area (Å²) in [5.41, 5.74) is 0.409. The lowest BCUT2D eigenvalue weighted by molar-refractivity contribution is 0.0209. The number of aromatic amines is 1. The average Bonchev–Trinajstić information content (AvgIpc) is 3.56. The molecule has 3 aromatic rings. The van der Waals surface area contributed by atoms with E-state index < -0.39 is 17.6 Å². The molecule has 0 bridgehead atoms. The number of ether oxygens (including phenoxy) is 1. The van der Waals surface area contributed by atoms with Crippen molar-refractivity contribution in [1.82, 2.24) is 25.2 Å². The van der Waals surface area contributed by atoms with Crippen LogP contribution in [0.1, 0.15) is 48.0 Å². The SMILES string of the molecule is C#CCNC(=O)c1csc(C(c2ncc[nH]2)C2CN(C(=O)OC(C)(C)C)CCN2c2ccc(F)cc2)n1. The summed E-state index contributed by atoms with van der Waals surface area (Å²) in [6.45, 7) is 6.77. The van der Waals surface area contributed by atoms with E-state index in [4.69, 9.17) is 11.2 Å². The van der Waals surface area contributed by atoms with Gasteiger partial charge < -0.3 is 24.8 Å². The van der Waals surface area contributed by atoms with Crippen LogP contribution in [0, 0.1) is 18.2 Å². The van der Waals surface area contributed by atoms with Gasteiger partial charge >= 0.3 is 6.09 Å². The van der Waals surface area contributed by atoms with Crippen LogP contribution in [-0.4, -0.2) is 69.7 Å². The molecular weight excluding hydrogens is 495 g/mol. The van der Waals surface area contributed by atoms with Gasteiger partial charge in [0.15, 0.2) is 0 Å². The van der Waals surface area contributed by atoms with Crippen LogP contribution < -0.4 is 10.2 Å². The summed E-state index contributed by atoms with van der Waals surface area (Å²) in [6.07, 6.45) is 8.21. The first-order valence-electron chi connectivity index (χ1n) is 11.8. The highest BCUT2D eigenvalue weighted by Crippen LogP contribution is 2.36. The van der Waals surface area contributed by atoms with Crippen molar-refractivity contribution >= 4 is 29.0 Å². The van der Waals surface area contributed by atoms with Crippen LogP contribution in [0.15, 0.2) is 42.0 Å². The Bertz CT molecular complexity index is 1260. The summed E-state index contributed by atoms with van der Waals surface area (Å²) >= 11 is 1.33. The highest BCUT2D eigenvalue weighted by atomic mass is 32.1. The standard InChI is InChI=1S/C26H29FN6O3S/c1-5-10-30-23(34)19-16-37-24(31-19)21(22-28-11-12-29-22)20-15-32(25(35)36-26(2,3)4)13-14-33(20)18-8-6-17(27)7-9-18/h1,6-9,11-12,16,20-21H,10,13-15H2,2-4H3,(H,28,29)(H,30,34). The first-order chi connectivity index (χ1) is 17.7. The number of benzene rings is 1. The maximum Gasteiger partial charge on any atom is 0.410 e. The maximum atomic E-state index is 13.7. The summed E-state index contributed by atoms with van der Waals surface area (Å²) < 4.78 is 19.4. The van der Waals surface area contributed by atoms with Crippen molar-refractivity contribution in [2.24, 2.45) is 0 Å². The van der Waals surface area contributed by atoms with Gasteiger partial charge in [0.05, 0.1) is 18.5 Å². The van der Waals surface area contributed by atoms with E-state index in [2.05, 4.69) is 31.1 Å². The molecule has 2 atom stereocenters. The number of thiazole rings is 1. The number of carbonyl (C=O) groups is 2. The number of halogens is 1. The van der Waals surface area contributed by atoms with Crippen molar-refractivity contribution in [3.8, 4) is 12.3 Å². The Kier molecular flexibility index (Phi) is 7.78. The number of amides is 2. The lowest BCUT2D eigenvalue weighted by atomic mass is 9.94. The number of rotatable bonds is 6. The van der Waals surface area contributed by atoms with Gasteiger partial charge in [-0.05, 0) is 45.0 Å². The van der Waals surface area contributed by atoms with Crippen molar-refractivity contribution in [2.75, 3.05) is 31.1 Å². The molecule has 11 heteroatoms. The number of hydrogen-bond acceptors (Lipinski definition) is 7. The quantitative estimate of drug-likeness (QED) is 0.478. The largest absolute Gasteiger partial charge is 0.444 e. The highest BCUT2D eigenvalue weighted by molar-refractivity contribution is 7.10. The molecule has 37 heavy (non-hydrogen) atoms. The minimum Gasteiger partial charge on any atom is -0.444 e. The maximum absolute atomic E-state index is 13.7. The predicted molar refractivity (Wildman–Crippen MR) is 139 cm³/mol. The lowest BCUT2D eigenvalue weighted by Crippen LogP contribution is -2.58. The van der Waals surface area contributed by atoms with Gasteiger partial charge in [0.2, 0.25) is 0 Å². The van der Waals surface area contributed by atoms with E-state index in [1.165, 1.54) is 23.5 Å². The fourth-order valence-corrected chi connectivity index (χ4v) is 5.17. The smallest absolute Gasteiger partial charge is 0.410 e. The highest BCUT2D eigenvalue weighted by Gasteiger charge is 2.40. The summed E-state index contributed by atoms with van der Waals surface area (Å²) in [4.78, 5) is 41.6. The van der Waals surface area contributed by atoms with Gasteiger partial charge in [-0.3, -0.25) is 4.79 Å². The van der Waals surface area contributed by atoms with Gasteiger partial charge in [-0.2, -0.15) is 0 Å². The zero-order valence-electron chi connectivity index (χ0n) is 20.9. The molecule has 0 saturated carbocycles. The van der Waals surface area contributed by atoms with Crippen LogP contribution >= 0.6 is 11.3 Å². The Hall–Kier alpha value is -3.91. The summed E-state index contributed by atoms with van der Waals surface area (Å²) in [5, 5.41) is 4.95. The molecule has 1 aliphatic heterocycles. The Morgan fingerprint density at radius 3 is 2.73 bits per heavy atom. The molecule has 1 fully saturated rings. The molecule has 2 amide bonds. The van der Waals surface area contributed by atoms with Crippen LogP contribution in [0.3, 0.4) is 0 Å². The molecule has 1 saturated heterocycles. The second-order valence-electron chi connectivity index (χ2n) is 9.57. The normalized spacial score (nSPS) is 16.7. The number of H-pyrrole nitrogens is 1. The van der Waals surface area contributed by atoms with Crippen molar-refractivity contribution in [1.29, 1.82) is 0 Å². The first-order valence-corrected chi connectivity index (χ1v) is 12.7. The third kappa shape index (κ3) is 6.27. The third-order valence-electron chi connectivity index (χ3n) is 5.80. The van der Waals surface area contributed by atoms with Crippen molar-refractivity contribution in [3.05, 3.63) is 64.4 Å². The van der Waals surface area contributed by atoms with E-state index in [9.17, 15) is 14.0 Å². The van der Waals surface area contributed by atoms with Crippen LogP contribution in [0.2, 0.25) is 0 Å². The number of piperazine rings is 1. The van der Waals surface area contributed by atoms with Gasteiger partial charge in [-0.15, -0.1) is 17.8 Å². The molecule has 2 unspecified atom stereocenters. The number of imidazole rings is 1. The average molecular weight is 525 g/mol. The Morgan fingerprint density at radius 2 is 2.08 bits per heavy atom. The third-order valence-corrected chi connectivity index (χ3v) is 6.73. The molecule has 1 aliphatic rings. The monoisotopic (exact) mass is 524 g/mol. The van der Waals surface area contributed by atoms with Crippen molar-refractivity contribution < 1.29 is 18.7 Å². The molecule has 0 spiro atoms. The topological polar surface area (TPSA) is 103 Å². The van der Waals surface area contributed by atoms with E-state index in [-0.39, 0.29) is 30.0 Å². The van der Waals surface area contributed by atoms with E-state index in [1.807, 2.05) is 20.8 Å². The number of carbonyl (C=O) groups excluding carboxylic acids is 2. The van der Waals surface area contributed by atoms with Crippen LogP contribution in [0.4, 0.5) is 14.9 Å². The first kappa shape index (κ1) is 26.2. The number of nitrogens with zero attached hydrogens (tertiary/aromatic N) is 4.